The number of allylic oxidation sites excluding steroid dienone is 4. The van der Waals surface area contributed by atoms with E-state index in [4.69, 9.17) is 41.4 Å². The number of aryl methyl sites for hydroxylation is 1. The lowest BCUT2D eigenvalue weighted by molar-refractivity contribution is -0.438. The fourth-order valence-electron chi connectivity index (χ4n) is 10.3. The molecular formula is C62H69N5O19S3. The number of rotatable bonds is 17. The smallest absolute Gasteiger partial charge is 0.425 e. The van der Waals surface area contributed by atoms with E-state index >= 15 is 0 Å². The average Bonchev–Trinajstić information content (AvgIpc) is 1.62. The van der Waals surface area contributed by atoms with Crippen LogP contribution in [0.1, 0.15) is 118 Å². The summed E-state index contributed by atoms with van der Waals surface area (Å²) in [6.07, 6.45) is 9.94. The predicted molar refractivity (Wildman–Crippen MR) is 325 cm³/mol. The standard InChI is InChI=1S/C31H38N2O5S.C15H19NO5S.C13H12N2.3CO2.O3S/c1-7-17-32-25-20-21(2)15-16-23(25)30(3,4)26(32)13-9-14-27-31(5,6)28-22(29(34)35)11-8-12-24(28)33(27)18-10-19-39(36,37)38;1-10-15(2,3)13-11(14(17)18)6-4-7-12(13)16(10)8-5-9-22(19,20)21;1-3-7-12(8-4-1)14-11-15-13-9-5-2-6-10-13;3*2-1-3;1-4(2)3/h8-9,11-16,20H,7,10,17-19H2,1-6H3,(H-,34,35,36,37,38);4,6-7H,5,8-9H2,1-3H3,(H-,17,18,19,20,21);1-11H,(H,14,15);;;;. The van der Waals surface area contributed by atoms with Gasteiger partial charge in [0.05, 0.1) is 65.3 Å². The number of carboxylic acid groups (broad SMARTS) is 2. The summed E-state index contributed by atoms with van der Waals surface area (Å²) in [7, 11) is -11.7. The first-order chi connectivity index (χ1) is 41.7. The van der Waals surface area contributed by atoms with Crippen LogP contribution in [0.15, 0.2) is 144 Å². The minimum atomic E-state index is -4.36. The third-order valence-electron chi connectivity index (χ3n) is 14.1. The Morgan fingerprint density at radius 3 is 1.56 bits per heavy atom. The Hall–Kier alpha value is -9.29. The van der Waals surface area contributed by atoms with Crippen molar-refractivity contribution in [2.75, 3.05) is 41.4 Å². The molecule has 0 unspecified atom stereocenters. The average molecular weight is 1280 g/mol. The van der Waals surface area contributed by atoms with Crippen LogP contribution in [0.4, 0.5) is 28.4 Å². The number of fused-ring (bicyclic) bond motifs is 3. The van der Waals surface area contributed by atoms with Crippen molar-refractivity contribution in [3.8, 4) is 0 Å². The summed E-state index contributed by atoms with van der Waals surface area (Å²) in [4.78, 5) is 79.0. The highest BCUT2D eigenvalue weighted by molar-refractivity contribution is 7.85. The number of carbonyl (C=O) groups is 2. The van der Waals surface area contributed by atoms with Gasteiger partial charge in [-0.15, -0.1) is 12.6 Å². The van der Waals surface area contributed by atoms with Crippen LogP contribution >= 0.6 is 0 Å². The molecule has 3 N–H and O–H groups in total. The normalized spacial score (nSPS) is 14.6. The maximum Gasteiger partial charge on any atom is 0.425 e. The number of aromatic carboxylic acids is 2. The summed E-state index contributed by atoms with van der Waals surface area (Å²) in [6, 6.07) is 36.6. The van der Waals surface area contributed by atoms with Crippen molar-refractivity contribution in [2.45, 2.75) is 97.8 Å². The van der Waals surface area contributed by atoms with Crippen molar-refractivity contribution in [3.05, 3.63) is 173 Å². The molecule has 3 aliphatic heterocycles. The van der Waals surface area contributed by atoms with Gasteiger partial charge in [-0.3, -0.25) is 0 Å². The lowest BCUT2D eigenvalue weighted by Crippen LogP contribution is -2.29. The van der Waals surface area contributed by atoms with E-state index < -0.39 is 65.1 Å². The van der Waals surface area contributed by atoms with E-state index in [1.165, 1.54) is 22.5 Å². The van der Waals surface area contributed by atoms with Crippen LogP contribution in [0.5, 0.6) is 0 Å². The van der Waals surface area contributed by atoms with Crippen molar-refractivity contribution < 1.29 is 96.3 Å². The van der Waals surface area contributed by atoms with Crippen LogP contribution in [0.3, 0.4) is 0 Å². The number of nitrogens with one attached hydrogen (secondary N) is 1. The number of hydrogen-bond donors (Lipinski definition) is 3. The molecule has 0 saturated heterocycles. The van der Waals surface area contributed by atoms with Gasteiger partial charge in [-0.05, 0) is 101 Å². The Balaban J connectivity index is 0.000000451. The summed E-state index contributed by atoms with van der Waals surface area (Å²) < 4.78 is 95.3. The summed E-state index contributed by atoms with van der Waals surface area (Å²) in [5.74, 6) is -2.89. The lowest BCUT2D eigenvalue weighted by atomic mass is 9.79. The van der Waals surface area contributed by atoms with E-state index in [-0.39, 0.29) is 54.4 Å². The molecule has 3 heterocycles. The zero-order chi connectivity index (χ0) is 67.5. The summed E-state index contributed by atoms with van der Waals surface area (Å²) >= 11 is 0. The van der Waals surface area contributed by atoms with Crippen molar-refractivity contribution in [1.29, 1.82) is 0 Å². The largest absolute Gasteiger partial charge is 0.748 e. The molecule has 5 aromatic carbocycles. The molecule has 24 nitrogen and oxygen atoms in total. The molecule has 0 bridgehead atoms. The molecule has 0 atom stereocenters. The fraction of sp³-hybridized carbons (Fsp3) is 0.323. The molecule has 474 valence electrons. The van der Waals surface area contributed by atoms with Crippen LogP contribution in [-0.4, -0.2) is 137 Å². The van der Waals surface area contributed by atoms with E-state index in [1.54, 1.807) is 30.6 Å². The quantitative estimate of drug-likeness (QED) is 0.0342. The highest BCUT2D eigenvalue weighted by Gasteiger charge is 2.48. The van der Waals surface area contributed by atoms with Gasteiger partial charge in [-0.25, -0.2) is 31.4 Å². The van der Waals surface area contributed by atoms with Crippen molar-refractivity contribution >= 4 is 107 Å². The maximum absolute atomic E-state index is 12.1. The third-order valence-corrected chi connectivity index (χ3v) is 15.7. The van der Waals surface area contributed by atoms with Crippen LogP contribution in [0.2, 0.25) is 0 Å². The Morgan fingerprint density at radius 2 is 1.10 bits per heavy atom. The highest BCUT2D eigenvalue weighted by Crippen LogP contribution is 2.49. The second-order valence-electron chi connectivity index (χ2n) is 21.0. The second-order valence-corrected chi connectivity index (χ2v) is 24.5. The van der Waals surface area contributed by atoms with E-state index in [9.17, 15) is 45.7 Å². The lowest BCUT2D eigenvalue weighted by Gasteiger charge is -2.26. The van der Waals surface area contributed by atoms with Gasteiger partial charge in [0.15, 0.2) is 11.4 Å². The summed E-state index contributed by atoms with van der Waals surface area (Å²) in [5.41, 5.74) is 10.8. The molecule has 0 spiro atoms. The van der Waals surface area contributed by atoms with Crippen molar-refractivity contribution in [1.82, 2.24) is 0 Å². The molecule has 0 saturated carbocycles. The zero-order valence-corrected chi connectivity index (χ0v) is 52.7. The maximum atomic E-state index is 12.1. The van der Waals surface area contributed by atoms with Gasteiger partial charge in [0.25, 0.3) is 0 Å². The van der Waals surface area contributed by atoms with Gasteiger partial charge in [0.2, 0.25) is 11.4 Å². The molecule has 3 aliphatic rings. The third kappa shape index (κ3) is 22.1. The first-order valence-electron chi connectivity index (χ1n) is 27.0. The van der Waals surface area contributed by atoms with Crippen molar-refractivity contribution in [3.63, 3.8) is 0 Å². The molecule has 89 heavy (non-hydrogen) atoms. The Morgan fingerprint density at radius 1 is 0.652 bits per heavy atom. The topological polar surface area (TPSA) is 376 Å². The number of hydrogen-bond acceptors (Lipinski definition) is 19. The van der Waals surface area contributed by atoms with Gasteiger partial charge in [-0.2, -0.15) is 37.9 Å². The molecule has 8 rings (SSSR count). The molecular weight excluding hydrogens is 1210 g/mol. The minimum Gasteiger partial charge on any atom is -0.748 e. The molecule has 0 fully saturated rings. The Labute approximate surface area is 517 Å². The number of nitrogens with zero attached hydrogens (tertiary/aromatic N) is 4. The van der Waals surface area contributed by atoms with E-state index in [0.29, 0.717) is 12.1 Å². The summed E-state index contributed by atoms with van der Waals surface area (Å²) in [6.45, 7) is 20.0. The van der Waals surface area contributed by atoms with Gasteiger partial charge in [0.1, 0.15) is 13.1 Å². The molecule has 0 aromatic heterocycles. The van der Waals surface area contributed by atoms with Crippen LogP contribution in [0, 0.1) is 6.92 Å². The number of carboxylic acids is 2. The predicted octanol–water partition coefficient (Wildman–Crippen LogP) is 8.07. The van der Waals surface area contributed by atoms with Crippen molar-refractivity contribution in [2.24, 2.45) is 4.99 Å². The number of para-hydroxylation sites is 2. The number of aliphatic imine (C=N–C) groups is 1. The molecule has 0 radical (unpaired) electrons. The first kappa shape index (κ1) is 75.8. The number of benzene rings is 5. The SMILES string of the molecule is C(=Nc1ccccc1)Nc1ccccc1.CC1=[N+](CCCS(=O)(=O)[O-])c2cccc(C(=O)O)c2C1(C)C.CCCN1/C(=C/C=C/C2=[N+](CCCS(=O)(=O)[O-])c3cccc(C(=O)O)c3C2(C)C)C(C)(C)c2ccc(C)cc21.O=C=O.O=C=O.O=C=O.O=S(=O)=O. The highest BCUT2D eigenvalue weighted by atomic mass is 32.2. The number of anilines is 2. The Kier molecular flexibility index (Phi) is 29.7. The number of carbonyl (C=O) groups excluding carboxylic acids is 6. The molecule has 27 heteroatoms. The van der Waals surface area contributed by atoms with Crippen LogP contribution in [-0.2, 0) is 75.9 Å². The zero-order valence-electron chi connectivity index (χ0n) is 50.3. The van der Waals surface area contributed by atoms with E-state index in [2.05, 4.69) is 67.2 Å². The van der Waals surface area contributed by atoms with Crippen LogP contribution < -0.4 is 10.2 Å². The van der Waals surface area contributed by atoms with Gasteiger partial charge in [0, 0.05) is 78.5 Å². The van der Waals surface area contributed by atoms with Gasteiger partial charge >= 0.3 is 41.0 Å². The van der Waals surface area contributed by atoms with E-state index in [1.807, 2.05) is 129 Å². The molecule has 0 aliphatic carbocycles. The summed E-state index contributed by atoms with van der Waals surface area (Å²) in [5, 5.41) is 22.4. The molecule has 5 aromatic rings. The first-order valence-corrected chi connectivity index (χ1v) is 31.1. The van der Waals surface area contributed by atoms with Gasteiger partial charge in [-0.1, -0.05) is 87.5 Å². The van der Waals surface area contributed by atoms with E-state index in [0.717, 1.165) is 52.7 Å². The Bertz CT molecular complexity index is 3900. The fourth-order valence-corrected chi connectivity index (χ4v) is 11.3. The monoisotopic (exact) mass is 1280 g/mol. The minimum absolute atomic E-state index is 0.142. The van der Waals surface area contributed by atoms with Crippen LogP contribution in [0.25, 0.3) is 0 Å². The molecule has 0 amide bonds. The van der Waals surface area contributed by atoms with Gasteiger partial charge < -0.3 is 29.5 Å². The second kappa shape index (κ2) is 34.9.